The van der Waals surface area contributed by atoms with Crippen LogP contribution < -0.4 is 0 Å². The van der Waals surface area contributed by atoms with Crippen LogP contribution in [0.2, 0.25) is 0 Å². The summed E-state index contributed by atoms with van der Waals surface area (Å²) in [4.78, 5) is 2.55. The molecule has 13 heavy (non-hydrogen) atoms. The third-order valence-electron chi connectivity index (χ3n) is 2.99. The van der Waals surface area contributed by atoms with E-state index in [1.54, 1.807) is 0 Å². The molecule has 78 valence electrons. The Hall–Kier alpha value is -0.0800. The van der Waals surface area contributed by atoms with Gasteiger partial charge in [-0.1, -0.05) is 13.8 Å². The smallest absolute Gasteiger partial charge is 0.0678 e. The highest BCUT2D eigenvalue weighted by molar-refractivity contribution is 4.78. The molecule has 1 rings (SSSR count). The lowest BCUT2D eigenvalue weighted by atomic mass is 10.0. The third-order valence-corrected chi connectivity index (χ3v) is 2.99. The summed E-state index contributed by atoms with van der Waals surface area (Å²) >= 11 is 0. The molecule has 2 nitrogen and oxygen atoms in total. The topological polar surface area (TPSA) is 12.5 Å². The molecule has 1 fully saturated rings. The van der Waals surface area contributed by atoms with Crippen LogP contribution in [0.3, 0.4) is 0 Å². The molecule has 1 unspecified atom stereocenters. The Morgan fingerprint density at radius 1 is 1.08 bits per heavy atom. The average molecular weight is 185 g/mol. The zero-order valence-electron chi connectivity index (χ0n) is 9.58. The van der Waals surface area contributed by atoms with Crippen LogP contribution in [0, 0.1) is 5.92 Å². The van der Waals surface area contributed by atoms with E-state index in [0.29, 0.717) is 18.2 Å². The van der Waals surface area contributed by atoms with Gasteiger partial charge in [0, 0.05) is 19.1 Å². The molecule has 0 aromatic carbocycles. The van der Waals surface area contributed by atoms with Crippen LogP contribution in [-0.4, -0.2) is 36.2 Å². The minimum Gasteiger partial charge on any atom is -0.373 e. The highest BCUT2D eigenvalue weighted by Crippen LogP contribution is 2.17. The average Bonchev–Trinajstić information content (AvgIpc) is 2.01. The molecule has 0 aromatic heterocycles. The summed E-state index contributed by atoms with van der Waals surface area (Å²) in [7, 11) is 0. The van der Waals surface area contributed by atoms with Crippen molar-refractivity contribution in [2.45, 2.75) is 52.9 Å². The molecule has 1 aliphatic heterocycles. The maximum absolute atomic E-state index is 5.70. The van der Waals surface area contributed by atoms with Crippen LogP contribution in [-0.2, 0) is 4.74 Å². The molecular formula is C11H23NO. The Labute approximate surface area is 82.3 Å². The fraction of sp³-hybridized carbons (Fsp3) is 1.00. The first-order valence-electron chi connectivity index (χ1n) is 5.40. The van der Waals surface area contributed by atoms with Gasteiger partial charge in [-0.25, -0.2) is 0 Å². The zero-order valence-corrected chi connectivity index (χ0v) is 9.58. The van der Waals surface area contributed by atoms with E-state index >= 15 is 0 Å². The number of nitrogens with zero attached hydrogens (tertiary/aromatic N) is 1. The standard InChI is InChI=1S/C11H23NO/c1-8(2)11(5)12-6-9(3)13-10(4)7-12/h8-11H,6-7H2,1-5H3/t9-,10+,11?. The lowest BCUT2D eigenvalue weighted by molar-refractivity contribution is -0.0830. The molecule has 0 aromatic rings. The summed E-state index contributed by atoms with van der Waals surface area (Å²) in [6.45, 7) is 13.4. The molecular weight excluding hydrogens is 162 g/mol. The molecule has 0 saturated carbocycles. The van der Waals surface area contributed by atoms with E-state index in [4.69, 9.17) is 4.74 Å². The molecule has 1 aliphatic rings. The van der Waals surface area contributed by atoms with Crippen molar-refractivity contribution in [3.05, 3.63) is 0 Å². The highest BCUT2D eigenvalue weighted by atomic mass is 16.5. The van der Waals surface area contributed by atoms with Gasteiger partial charge in [-0.3, -0.25) is 4.90 Å². The Morgan fingerprint density at radius 2 is 1.54 bits per heavy atom. The van der Waals surface area contributed by atoms with Crippen LogP contribution in [0.25, 0.3) is 0 Å². The summed E-state index contributed by atoms with van der Waals surface area (Å²) in [5.74, 6) is 0.734. The monoisotopic (exact) mass is 185 g/mol. The van der Waals surface area contributed by atoms with Crippen molar-refractivity contribution >= 4 is 0 Å². The van der Waals surface area contributed by atoms with Crippen molar-refractivity contribution in [3.63, 3.8) is 0 Å². The molecule has 0 spiro atoms. The van der Waals surface area contributed by atoms with Crippen LogP contribution in [0.15, 0.2) is 0 Å². The minimum absolute atomic E-state index is 0.393. The van der Waals surface area contributed by atoms with Crippen LogP contribution in [0.1, 0.15) is 34.6 Å². The van der Waals surface area contributed by atoms with Crippen molar-refractivity contribution in [2.24, 2.45) is 5.92 Å². The van der Waals surface area contributed by atoms with Gasteiger partial charge in [-0.15, -0.1) is 0 Å². The van der Waals surface area contributed by atoms with E-state index in [1.807, 2.05) is 0 Å². The van der Waals surface area contributed by atoms with E-state index < -0.39 is 0 Å². The van der Waals surface area contributed by atoms with E-state index in [1.165, 1.54) is 0 Å². The molecule has 3 atom stereocenters. The molecule has 0 amide bonds. The predicted octanol–water partition coefficient (Wildman–Crippen LogP) is 2.14. The lowest BCUT2D eigenvalue weighted by Gasteiger charge is -2.40. The number of hydrogen-bond acceptors (Lipinski definition) is 2. The summed E-state index contributed by atoms with van der Waals surface area (Å²) < 4.78 is 5.70. The van der Waals surface area contributed by atoms with Gasteiger partial charge < -0.3 is 4.74 Å². The molecule has 2 heteroatoms. The maximum atomic E-state index is 5.70. The van der Waals surface area contributed by atoms with Gasteiger partial charge in [0.1, 0.15) is 0 Å². The van der Waals surface area contributed by atoms with Crippen molar-refractivity contribution in [3.8, 4) is 0 Å². The Morgan fingerprint density at radius 3 is 1.92 bits per heavy atom. The Kier molecular flexibility index (Phi) is 3.74. The van der Waals surface area contributed by atoms with Gasteiger partial charge in [-0.2, -0.15) is 0 Å². The Balaban J connectivity index is 2.49. The summed E-state index contributed by atoms with van der Waals surface area (Å²) in [6, 6.07) is 0.675. The van der Waals surface area contributed by atoms with E-state index in [9.17, 15) is 0 Å². The normalized spacial score (nSPS) is 33.7. The van der Waals surface area contributed by atoms with E-state index in [-0.39, 0.29) is 0 Å². The van der Waals surface area contributed by atoms with Gasteiger partial charge in [0.05, 0.1) is 12.2 Å². The third kappa shape index (κ3) is 2.96. The van der Waals surface area contributed by atoms with Gasteiger partial charge in [0.2, 0.25) is 0 Å². The second-order valence-electron chi connectivity index (χ2n) is 4.70. The highest BCUT2D eigenvalue weighted by Gasteiger charge is 2.26. The molecule has 0 aliphatic carbocycles. The summed E-state index contributed by atoms with van der Waals surface area (Å²) in [5.41, 5.74) is 0. The van der Waals surface area contributed by atoms with Gasteiger partial charge in [0.25, 0.3) is 0 Å². The van der Waals surface area contributed by atoms with Crippen molar-refractivity contribution < 1.29 is 4.74 Å². The number of ether oxygens (including phenoxy) is 1. The van der Waals surface area contributed by atoms with Gasteiger partial charge >= 0.3 is 0 Å². The Bertz CT molecular complexity index is 148. The fourth-order valence-corrected chi connectivity index (χ4v) is 1.97. The lowest BCUT2D eigenvalue weighted by Crippen LogP contribution is -2.50. The molecule has 0 N–H and O–H groups in total. The first kappa shape index (κ1) is 11.0. The van der Waals surface area contributed by atoms with Crippen LogP contribution in [0.4, 0.5) is 0 Å². The molecule has 1 saturated heterocycles. The van der Waals surface area contributed by atoms with Crippen molar-refractivity contribution in [2.75, 3.05) is 13.1 Å². The van der Waals surface area contributed by atoms with Gasteiger partial charge in [0.15, 0.2) is 0 Å². The zero-order chi connectivity index (χ0) is 10.0. The number of rotatable bonds is 2. The second-order valence-corrected chi connectivity index (χ2v) is 4.70. The van der Waals surface area contributed by atoms with Crippen LogP contribution >= 0.6 is 0 Å². The first-order valence-corrected chi connectivity index (χ1v) is 5.40. The first-order chi connectivity index (χ1) is 6.00. The predicted molar refractivity (Wildman–Crippen MR) is 55.9 cm³/mol. The van der Waals surface area contributed by atoms with E-state index in [2.05, 4.69) is 39.5 Å². The van der Waals surface area contributed by atoms with Crippen molar-refractivity contribution in [1.29, 1.82) is 0 Å². The SMILES string of the molecule is CC(C)C(C)N1C[C@@H](C)O[C@@H](C)C1. The van der Waals surface area contributed by atoms with E-state index in [0.717, 1.165) is 19.0 Å². The minimum atomic E-state index is 0.393. The molecule has 0 bridgehead atoms. The van der Waals surface area contributed by atoms with Gasteiger partial charge in [-0.05, 0) is 26.7 Å². The number of hydrogen-bond donors (Lipinski definition) is 0. The number of morpholine rings is 1. The second kappa shape index (κ2) is 4.43. The summed E-state index contributed by atoms with van der Waals surface area (Å²) in [5, 5.41) is 0. The molecule has 1 heterocycles. The maximum Gasteiger partial charge on any atom is 0.0678 e. The quantitative estimate of drug-likeness (QED) is 0.653. The largest absolute Gasteiger partial charge is 0.373 e. The van der Waals surface area contributed by atoms with Crippen molar-refractivity contribution in [1.82, 2.24) is 4.90 Å². The fourth-order valence-electron chi connectivity index (χ4n) is 1.97. The summed E-state index contributed by atoms with van der Waals surface area (Å²) in [6.07, 6.45) is 0.787. The van der Waals surface area contributed by atoms with Crippen LogP contribution in [0.5, 0.6) is 0 Å². The molecule has 0 radical (unpaired) electrons.